The van der Waals surface area contributed by atoms with Crippen LogP contribution in [0.25, 0.3) is 44.0 Å². The minimum atomic E-state index is -0.320. The number of nitrogens with zero attached hydrogens (tertiary/aromatic N) is 2. The van der Waals surface area contributed by atoms with E-state index < -0.39 is 0 Å². The number of fused-ring (bicyclic) bond motifs is 1. The number of hydrogen-bond donors (Lipinski definition) is 1. The summed E-state index contributed by atoms with van der Waals surface area (Å²) in [5, 5.41) is 2.09. The molecule has 0 unspecified atom stereocenters. The monoisotopic (exact) mass is 439 g/mol. The van der Waals surface area contributed by atoms with Gasteiger partial charge in [-0.2, -0.15) is 0 Å². The lowest BCUT2D eigenvalue weighted by Gasteiger charge is -2.06. The van der Waals surface area contributed by atoms with Crippen molar-refractivity contribution in [1.82, 2.24) is 15.0 Å². The molecule has 0 bridgehead atoms. The van der Waals surface area contributed by atoms with Gasteiger partial charge in [0.05, 0.1) is 18.4 Å². The van der Waals surface area contributed by atoms with E-state index in [4.69, 9.17) is 9.72 Å². The van der Waals surface area contributed by atoms with E-state index in [1.807, 2.05) is 43.5 Å². The second-order valence-electron chi connectivity index (χ2n) is 7.67. The van der Waals surface area contributed by atoms with Crippen LogP contribution in [0, 0.1) is 13.8 Å². The highest BCUT2D eigenvalue weighted by molar-refractivity contribution is 7.15. The number of thiazole rings is 1. The molecule has 2 aromatic carbocycles. The number of rotatable bonds is 4. The number of esters is 1. The molecule has 0 saturated heterocycles. The Hall–Kier alpha value is -3.77. The van der Waals surface area contributed by atoms with Crippen molar-refractivity contribution in [1.29, 1.82) is 0 Å². The molecule has 32 heavy (non-hydrogen) atoms. The van der Waals surface area contributed by atoms with Crippen LogP contribution in [0.2, 0.25) is 0 Å². The van der Waals surface area contributed by atoms with E-state index >= 15 is 0 Å². The molecule has 5 nitrogen and oxygen atoms in total. The highest BCUT2D eigenvalue weighted by atomic mass is 32.1. The van der Waals surface area contributed by atoms with Crippen LogP contribution in [0.4, 0.5) is 0 Å². The number of carbonyl (C=O) groups excluding carboxylic acids is 1. The lowest BCUT2D eigenvalue weighted by molar-refractivity contribution is 0.0600. The van der Waals surface area contributed by atoms with E-state index in [-0.39, 0.29) is 5.97 Å². The first-order valence-corrected chi connectivity index (χ1v) is 11.1. The van der Waals surface area contributed by atoms with Crippen LogP contribution in [-0.4, -0.2) is 28.0 Å². The van der Waals surface area contributed by atoms with E-state index in [0.717, 1.165) is 49.6 Å². The molecule has 1 N–H and O–H groups in total. The number of pyridine rings is 1. The Balaban J connectivity index is 1.51. The first kappa shape index (κ1) is 20.2. The van der Waals surface area contributed by atoms with Gasteiger partial charge in [-0.05, 0) is 67.4 Å². The third-order valence-electron chi connectivity index (χ3n) is 5.54. The van der Waals surface area contributed by atoms with E-state index in [1.165, 1.54) is 12.0 Å². The molecule has 3 heterocycles. The summed E-state index contributed by atoms with van der Waals surface area (Å²) in [4.78, 5) is 25.6. The Labute approximate surface area is 189 Å². The summed E-state index contributed by atoms with van der Waals surface area (Å²) >= 11 is 1.68. The molecule has 0 amide bonds. The van der Waals surface area contributed by atoms with Crippen LogP contribution in [0.1, 0.15) is 20.8 Å². The van der Waals surface area contributed by atoms with E-state index in [0.29, 0.717) is 5.56 Å². The number of ether oxygens (including phenoxy) is 1. The summed E-state index contributed by atoms with van der Waals surface area (Å²) in [5.74, 6) is -0.320. The molecule has 0 aliphatic rings. The Morgan fingerprint density at radius 1 is 1.00 bits per heavy atom. The number of methoxy groups -OCH3 is 1. The predicted molar refractivity (Wildman–Crippen MR) is 129 cm³/mol. The fourth-order valence-corrected chi connectivity index (χ4v) is 4.81. The standard InChI is InChI=1S/C26H21N3O2S/c1-15-11-17(6-8-21(15)26(30)31-3)23-13-20-12-18(7-9-22(20)28-23)24-16(2)32-25(29-24)19-5-4-10-27-14-19/h4-14,28H,1-3H3. The van der Waals surface area contributed by atoms with Crippen molar-refractivity contribution in [3.63, 3.8) is 0 Å². The highest BCUT2D eigenvalue weighted by Gasteiger charge is 2.14. The van der Waals surface area contributed by atoms with Crippen LogP contribution < -0.4 is 0 Å². The highest BCUT2D eigenvalue weighted by Crippen LogP contribution is 2.35. The zero-order valence-electron chi connectivity index (χ0n) is 18.0. The zero-order chi connectivity index (χ0) is 22.2. The normalized spacial score (nSPS) is 11.1. The van der Waals surface area contributed by atoms with Crippen LogP contribution in [0.15, 0.2) is 67.0 Å². The van der Waals surface area contributed by atoms with Gasteiger partial charge >= 0.3 is 5.97 Å². The number of aromatic nitrogens is 3. The predicted octanol–water partition coefficient (Wildman–Crippen LogP) is 6.42. The third-order valence-corrected chi connectivity index (χ3v) is 6.56. The van der Waals surface area contributed by atoms with Gasteiger partial charge in [0.2, 0.25) is 0 Å². The van der Waals surface area contributed by atoms with E-state index in [1.54, 1.807) is 17.5 Å². The average molecular weight is 440 g/mol. The Morgan fingerprint density at radius 2 is 1.84 bits per heavy atom. The maximum Gasteiger partial charge on any atom is 0.338 e. The van der Waals surface area contributed by atoms with Crippen molar-refractivity contribution in [3.05, 3.63) is 83.0 Å². The zero-order valence-corrected chi connectivity index (χ0v) is 18.8. The molecule has 0 aliphatic carbocycles. The lowest BCUT2D eigenvalue weighted by Crippen LogP contribution is -2.03. The van der Waals surface area contributed by atoms with Gasteiger partial charge in [-0.25, -0.2) is 9.78 Å². The molecule has 0 spiro atoms. The summed E-state index contributed by atoms with van der Waals surface area (Å²) < 4.78 is 4.85. The molecule has 0 atom stereocenters. The molecule has 3 aromatic heterocycles. The molecule has 0 aliphatic heterocycles. The Morgan fingerprint density at radius 3 is 2.59 bits per heavy atom. The van der Waals surface area contributed by atoms with Crippen LogP contribution >= 0.6 is 11.3 Å². The molecule has 158 valence electrons. The molecule has 0 fully saturated rings. The van der Waals surface area contributed by atoms with Crippen LogP contribution in [-0.2, 0) is 4.74 Å². The number of H-pyrrole nitrogens is 1. The van der Waals surface area contributed by atoms with Gasteiger partial charge in [-0.1, -0.05) is 12.1 Å². The fraction of sp³-hybridized carbons (Fsp3) is 0.115. The molecule has 6 heteroatoms. The first-order valence-electron chi connectivity index (χ1n) is 10.2. The van der Waals surface area contributed by atoms with Gasteiger partial charge in [-0.3, -0.25) is 4.98 Å². The summed E-state index contributed by atoms with van der Waals surface area (Å²) in [6.45, 7) is 4.02. The number of nitrogens with one attached hydrogen (secondary N) is 1. The quantitative estimate of drug-likeness (QED) is 0.328. The van der Waals surface area contributed by atoms with Gasteiger partial charge < -0.3 is 9.72 Å². The van der Waals surface area contributed by atoms with Gasteiger partial charge in [-0.15, -0.1) is 11.3 Å². The van der Waals surface area contributed by atoms with Gasteiger partial charge in [0.25, 0.3) is 0 Å². The largest absolute Gasteiger partial charge is 0.465 e. The van der Waals surface area contributed by atoms with E-state index in [9.17, 15) is 4.79 Å². The summed E-state index contributed by atoms with van der Waals surface area (Å²) in [7, 11) is 1.40. The average Bonchev–Trinajstić information content (AvgIpc) is 3.42. The minimum absolute atomic E-state index is 0.320. The van der Waals surface area contributed by atoms with Crippen molar-refractivity contribution in [2.45, 2.75) is 13.8 Å². The molecule has 5 rings (SSSR count). The van der Waals surface area contributed by atoms with Crippen molar-refractivity contribution >= 4 is 28.2 Å². The first-order chi connectivity index (χ1) is 15.5. The van der Waals surface area contributed by atoms with Crippen molar-refractivity contribution < 1.29 is 9.53 Å². The van der Waals surface area contributed by atoms with Gasteiger partial charge in [0.15, 0.2) is 0 Å². The molecule has 0 radical (unpaired) electrons. The number of aryl methyl sites for hydroxylation is 2. The second-order valence-corrected chi connectivity index (χ2v) is 8.88. The van der Waals surface area contributed by atoms with Gasteiger partial charge in [0.1, 0.15) is 5.01 Å². The molecular weight excluding hydrogens is 418 g/mol. The number of benzene rings is 2. The summed E-state index contributed by atoms with van der Waals surface area (Å²) in [6, 6.07) is 18.2. The van der Waals surface area contributed by atoms with Crippen molar-refractivity contribution in [3.8, 4) is 33.1 Å². The lowest BCUT2D eigenvalue weighted by atomic mass is 10.0. The molecular formula is C26H21N3O2S. The van der Waals surface area contributed by atoms with Crippen LogP contribution in [0.3, 0.4) is 0 Å². The number of aromatic amines is 1. The van der Waals surface area contributed by atoms with Crippen LogP contribution in [0.5, 0.6) is 0 Å². The number of carbonyl (C=O) groups is 1. The Bertz CT molecular complexity index is 1450. The molecule has 0 saturated carbocycles. The number of hydrogen-bond acceptors (Lipinski definition) is 5. The smallest absolute Gasteiger partial charge is 0.338 e. The molecule has 5 aromatic rings. The maximum absolute atomic E-state index is 11.9. The van der Waals surface area contributed by atoms with E-state index in [2.05, 4.69) is 41.2 Å². The maximum atomic E-state index is 11.9. The topological polar surface area (TPSA) is 67.9 Å². The summed E-state index contributed by atoms with van der Waals surface area (Å²) in [6.07, 6.45) is 3.61. The fourth-order valence-electron chi connectivity index (χ4n) is 3.88. The van der Waals surface area contributed by atoms with Gasteiger partial charge in [0, 0.05) is 45.0 Å². The second kappa shape index (κ2) is 8.05. The minimum Gasteiger partial charge on any atom is -0.465 e. The Kier molecular flexibility index (Phi) is 5.07. The summed E-state index contributed by atoms with van der Waals surface area (Å²) in [5.41, 5.74) is 7.66. The SMILES string of the molecule is COC(=O)c1ccc(-c2cc3cc(-c4nc(-c5cccnc5)sc4C)ccc3[nH]2)cc1C. The third kappa shape index (κ3) is 3.59. The van der Waals surface area contributed by atoms with Crippen molar-refractivity contribution in [2.75, 3.05) is 7.11 Å². The van der Waals surface area contributed by atoms with Crippen molar-refractivity contribution in [2.24, 2.45) is 0 Å².